The summed E-state index contributed by atoms with van der Waals surface area (Å²) in [5, 5.41) is 0. The monoisotopic (exact) mass is 236 g/mol. The standard InChI is InChI=1S/C12H12O5/c1-15-9-5-6-7(4-8(13)10(6)14)11(16-2)12(9)17-3/h5H,4H2,1-3H3. The van der Waals surface area contributed by atoms with Crippen LogP contribution in [0, 0.1) is 0 Å². The largest absolute Gasteiger partial charge is 0.493 e. The molecule has 90 valence electrons. The highest BCUT2D eigenvalue weighted by atomic mass is 16.5. The van der Waals surface area contributed by atoms with E-state index in [1.54, 1.807) is 0 Å². The maximum Gasteiger partial charge on any atom is 0.229 e. The molecule has 5 nitrogen and oxygen atoms in total. The van der Waals surface area contributed by atoms with E-state index in [2.05, 4.69) is 0 Å². The Morgan fingerprint density at radius 1 is 1.00 bits per heavy atom. The van der Waals surface area contributed by atoms with Gasteiger partial charge >= 0.3 is 0 Å². The van der Waals surface area contributed by atoms with Crippen LogP contribution in [0.5, 0.6) is 17.2 Å². The van der Waals surface area contributed by atoms with Crippen LogP contribution in [-0.2, 0) is 11.2 Å². The van der Waals surface area contributed by atoms with E-state index >= 15 is 0 Å². The van der Waals surface area contributed by atoms with Gasteiger partial charge in [-0.15, -0.1) is 0 Å². The quantitative estimate of drug-likeness (QED) is 0.733. The van der Waals surface area contributed by atoms with Crippen molar-refractivity contribution in [2.24, 2.45) is 0 Å². The van der Waals surface area contributed by atoms with Gasteiger partial charge in [0.15, 0.2) is 11.5 Å². The fourth-order valence-electron chi connectivity index (χ4n) is 1.98. The molecule has 2 rings (SSSR count). The first-order valence-electron chi connectivity index (χ1n) is 5.03. The Labute approximate surface area is 98.3 Å². The summed E-state index contributed by atoms with van der Waals surface area (Å²) in [6, 6.07) is 1.52. The number of Topliss-reactive ketones (excluding diaryl/α,β-unsaturated/α-hetero) is 2. The third-order valence-electron chi connectivity index (χ3n) is 2.77. The van der Waals surface area contributed by atoms with Crippen molar-refractivity contribution < 1.29 is 23.8 Å². The third kappa shape index (κ3) is 1.54. The number of rotatable bonds is 3. The first-order valence-corrected chi connectivity index (χ1v) is 5.03. The molecule has 1 aromatic carbocycles. The Morgan fingerprint density at radius 2 is 1.65 bits per heavy atom. The average Bonchev–Trinajstić information content (AvgIpc) is 2.63. The fourth-order valence-corrected chi connectivity index (χ4v) is 1.98. The van der Waals surface area contributed by atoms with E-state index in [9.17, 15) is 9.59 Å². The van der Waals surface area contributed by atoms with E-state index in [-0.39, 0.29) is 6.42 Å². The lowest BCUT2D eigenvalue weighted by atomic mass is 10.1. The van der Waals surface area contributed by atoms with Crippen molar-refractivity contribution in [2.75, 3.05) is 21.3 Å². The van der Waals surface area contributed by atoms with Gasteiger partial charge in [0, 0.05) is 17.5 Å². The minimum Gasteiger partial charge on any atom is -0.493 e. The summed E-state index contributed by atoms with van der Waals surface area (Å²) in [4.78, 5) is 23.0. The SMILES string of the molecule is COc1cc2c(c(OC)c1OC)CC(=O)C2=O. The highest BCUT2D eigenvalue weighted by molar-refractivity contribution is 6.47. The van der Waals surface area contributed by atoms with Gasteiger partial charge in [-0.3, -0.25) is 9.59 Å². The van der Waals surface area contributed by atoms with Gasteiger partial charge in [-0.2, -0.15) is 0 Å². The van der Waals surface area contributed by atoms with E-state index in [0.29, 0.717) is 28.4 Å². The van der Waals surface area contributed by atoms with Crippen LogP contribution in [0.25, 0.3) is 0 Å². The molecule has 0 amide bonds. The summed E-state index contributed by atoms with van der Waals surface area (Å²) >= 11 is 0. The van der Waals surface area contributed by atoms with Gasteiger partial charge < -0.3 is 14.2 Å². The summed E-state index contributed by atoms with van der Waals surface area (Å²) in [5.74, 6) is 0.233. The number of carbonyl (C=O) groups excluding carboxylic acids is 2. The molecule has 0 aliphatic heterocycles. The number of benzene rings is 1. The van der Waals surface area contributed by atoms with Crippen molar-refractivity contribution in [2.45, 2.75) is 6.42 Å². The molecule has 0 spiro atoms. The Kier molecular flexibility index (Phi) is 2.75. The Morgan fingerprint density at radius 3 is 2.18 bits per heavy atom. The molecule has 1 aromatic rings. The van der Waals surface area contributed by atoms with Crippen LogP contribution in [0.3, 0.4) is 0 Å². The van der Waals surface area contributed by atoms with Gasteiger partial charge in [-0.25, -0.2) is 0 Å². The van der Waals surface area contributed by atoms with Crippen molar-refractivity contribution in [3.63, 3.8) is 0 Å². The van der Waals surface area contributed by atoms with Crippen molar-refractivity contribution in [3.8, 4) is 17.2 Å². The maximum absolute atomic E-state index is 11.6. The van der Waals surface area contributed by atoms with Gasteiger partial charge in [0.1, 0.15) is 0 Å². The summed E-state index contributed by atoms with van der Waals surface area (Å²) in [6.45, 7) is 0. The summed E-state index contributed by atoms with van der Waals surface area (Å²) < 4.78 is 15.5. The number of fused-ring (bicyclic) bond motifs is 1. The van der Waals surface area contributed by atoms with Gasteiger partial charge in [-0.1, -0.05) is 0 Å². The zero-order chi connectivity index (χ0) is 12.6. The molecule has 0 saturated carbocycles. The molecule has 0 radical (unpaired) electrons. The molecule has 0 aromatic heterocycles. The first kappa shape index (κ1) is 11.4. The molecule has 17 heavy (non-hydrogen) atoms. The molecule has 1 aliphatic rings. The second-order valence-corrected chi connectivity index (χ2v) is 3.60. The van der Waals surface area contributed by atoms with E-state index in [4.69, 9.17) is 14.2 Å². The van der Waals surface area contributed by atoms with Crippen molar-refractivity contribution >= 4 is 11.6 Å². The lowest BCUT2D eigenvalue weighted by molar-refractivity contribution is -0.114. The molecule has 0 fully saturated rings. The molecule has 0 heterocycles. The number of hydrogen-bond acceptors (Lipinski definition) is 5. The molecule has 1 aliphatic carbocycles. The third-order valence-corrected chi connectivity index (χ3v) is 2.77. The summed E-state index contributed by atoms with van der Waals surface area (Å²) in [5.41, 5.74) is 0.907. The molecular formula is C12H12O5. The Hall–Kier alpha value is -2.04. The van der Waals surface area contributed by atoms with Crippen LogP contribution in [0.1, 0.15) is 15.9 Å². The smallest absolute Gasteiger partial charge is 0.229 e. The van der Waals surface area contributed by atoms with Crippen LogP contribution in [0.15, 0.2) is 6.07 Å². The summed E-state index contributed by atoms with van der Waals surface area (Å²) in [7, 11) is 4.40. The molecule has 5 heteroatoms. The fraction of sp³-hybridized carbons (Fsp3) is 0.333. The molecule has 0 unspecified atom stereocenters. The summed E-state index contributed by atoms with van der Waals surface area (Å²) in [6.07, 6.45) is 0.0533. The van der Waals surface area contributed by atoms with Crippen LogP contribution < -0.4 is 14.2 Å². The van der Waals surface area contributed by atoms with Crippen LogP contribution in [0.2, 0.25) is 0 Å². The average molecular weight is 236 g/mol. The normalized spacial score (nSPS) is 13.6. The number of carbonyl (C=O) groups is 2. The zero-order valence-corrected chi connectivity index (χ0v) is 9.83. The predicted octanol–water partition coefficient (Wildman–Crippen LogP) is 1.02. The first-order chi connectivity index (χ1) is 8.13. The number of ketones is 2. The van der Waals surface area contributed by atoms with E-state index < -0.39 is 11.6 Å². The van der Waals surface area contributed by atoms with Crippen molar-refractivity contribution in [1.82, 2.24) is 0 Å². The molecular weight excluding hydrogens is 224 g/mol. The molecule has 0 atom stereocenters. The van der Waals surface area contributed by atoms with Crippen LogP contribution in [0.4, 0.5) is 0 Å². The van der Waals surface area contributed by atoms with Gasteiger partial charge in [0.2, 0.25) is 17.3 Å². The molecule has 0 saturated heterocycles. The predicted molar refractivity (Wildman–Crippen MR) is 59.1 cm³/mol. The van der Waals surface area contributed by atoms with Gasteiger partial charge in [0.25, 0.3) is 0 Å². The minimum atomic E-state index is -0.501. The van der Waals surface area contributed by atoms with Crippen LogP contribution in [-0.4, -0.2) is 32.9 Å². The Balaban J connectivity index is 2.72. The van der Waals surface area contributed by atoms with Crippen LogP contribution >= 0.6 is 0 Å². The van der Waals surface area contributed by atoms with Gasteiger partial charge in [0.05, 0.1) is 21.3 Å². The van der Waals surface area contributed by atoms with E-state index in [1.807, 2.05) is 0 Å². The van der Waals surface area contributed by atoms with Gasteiger partial charge in [-0.05, 0) is 6.07 Å². The van der Waals surface area contributed by atoms with Crippen molar-refractivity contribution in [3.05, 3.63) is 17.2 Å². The maximum atomic E-state index is 11.6. The van der Waals surface area contributed by atoms with Crippen molar-refractivity contribution in [1.29, 1.82) is 0 Å². The number of hydrogen-bond donors (Lipinski definition) is 0. The molecule has 0 bridgehead atoms. The highest BCUT2D eigenvalue weighted by Crippen LogP contribution is 2.44. The highest BCUT2D eigenvalue weighted by Gasteiger charge is 2.34. The second kappa shape index (κ2) is 4.08. The lowest BCUT2D eigenvalue weighted by Gasteiger charge is -2.14. The Bertz CT molecular complexity index is 504. The second-order valence-electron chi connectivity index (χ2n) is 3.60. The molecule has 0 N–H and O–H groups in total. The lowest BCUT2D eigenvalue weighted by Crippen LogP contribution is -2.05. The minimum absolute atomic E-state index is 0.0533. The topological polar surface area (TPSA) is 61.8 Å². The number of ether oxygens (including phenoxy) is 3. The number of methoxy groups -OCH3 is 3. The van der Waals surface area contributed by atoms with E-state index in [0.717, 1.165) is 0 Å². The zero-order valence-electron chi connectivity index (χ0n) is 9.83. The van der Waals surface area contributed by atoms with E-state index in [1.165, 1.54) is 27.4 Å².